The highest BCUT2D eigenvalue weighted by atomic mass is 35.5. The number of rotatable bonds is 5. The van der Waals surface area contributed by atoms with Crippen LogP contribution in [-0.4, -0.2) is 57.6 Å². The van der Waals surface area contributed by atoms with Crippen molar-refractivity contribution in [2.24, 2.45) is 0 Å². The van der Waals surface area contributed by atoms with E-state index < -0.39 is 0 Å². The van der Waals surface area contributed by atoms with Crippen LogP contribution in [0.5, 0.6) is 0 Å². The van der Waals surface area contributed by atoms with Crippen molar-refractivity contribution >= 4 is 45.7 Å². The maximum atomic E-state index is 12.5. The molecule has 6 heterocycles. The van der Waals surface area contributed by atoms with Crippen LogP contribution in [0.15, 0.2) is 73.8 Å². The molecule has 9 nitrogen and oxygen atoms in total. The van der Waals surface area contributed by atoms with Gasteiger partial charge in [-0.1, -0.05) is 29.3 Å². The fourth-order valence-electron chi connectivity index (χ4n) is 5.09. The lowest BCUT2D eigenvalue weighted by molar-refractivity contribution is -0.137. The highest BCUT2D eigenvalue weighted by Crippen LogP contribution is 2.37. The number of imidazole rings is 2. The number of aryl methyl sites for hydroxylation is 1. The number of halogens is 2. The number of carbonyl (C=O) groups is 1. The molecule has 0 atom stereocenters. The molecular weight excluding hydrogens is 535 g/mol. The fraction of sp³-hybridized carbons (Fsp3) is 0.179. The van der Waals surface area contributed by atoms with Crippen LogP contribution in [-0.2, 0) is 11.3 Å². The third-order valence-electron chi connectivity index (χ3n) is 7.29. The van der Waals surface area contributed by atoms with Gasteiger partial charge in [0.05, 0.1) is 39.8 Å². The Balaban J connectivity index is 1.18. The predicted molar refractivity (Wildman–Crippen MR) is 150 cm³/mol. The minimum Gasteiger partial charge on any atom is -0.337 e. The molecule has 0 saturated carbocycles. The average molecular weight is 557 g/mol. The molecule has 0 radical (unpaired) electrons. The number of hydrogen-bond donors (Lipinski definition) is 0. The second kappa shape index (κ2) is 9.21. The number of fused-ring (bicyclic) bond motifs is 3. The third kappa shape index (κ3) is 4.05. The lowest BCUT2D eigenvalue weighted by Crippen LogP contribution is -2.51. The first-order valence-electron chi connectivity index (χ1n) is 12.5. The van der Waals surface area contributed by atoms with Crippen LogP contribution in [0.3, 0.4) is 0 Å². The summed E-state index contributed by atoms with van der Waals surface area (Å²) in [7, 11) is 0. The molecule has 11 heteroatoms. The van der Waals surface area contributed by atoms with Gasteiger partial charge in [-0.3, -0.25) is 14.5 Å². The van der Waals surface area contributed by atoms with E-state index in [0.29, 0.717) is 29.7 Å². The standard InChI is InChI=1S/C28H22Cl2N8O/c1-17-27(26-22(29)3-2-4-23(26)30)34-28-21-9-18(10-32-24(21)5-7-37(17)28)19-11-33-38(12-19)20-13-36(14-20)25(39)15-35-8-6-31-16-35/h2-12,16,20H,13-15H2,1H3. The van der Waals surface area contributed by atoms with E-state index in [4.69, 9.17) is 33.2 Å². The number of likely N-dealkylation sites (tertiary alicyclic amines) is 1. The molecule has 1 fully saturated rings. The van der Waals surface area contributed by atoms with Gasteiger partial charge < -0.3 is 13.9 Å². The Bertz CT molecular complexity index is 1850. The third-order valence-corrected chi connectivity index (χ3v) is 7.92. The van der Waals surface area contributed by atoms with Crippen LogP contribution in [0.2, 0.25) is 10.0 Å². The highest BCUT2D eigenvalue weighted by molar-refractivity contribution is 6.39. The van der Waals surface area contributed by atoms with Crippen molar-refractivity contribution in [3.05, 3.63) is 89.6 Å². The molecule has 0 spiro atoms. The molecule has 1 aliphatic heterocycles. The molecule has 0 unspecified atom stereocenters. The van der Waals surface area contributed by atoms with Crippen LogP contribution in [0.1, 0.15) is 11.7 Å². The molecule has 194 valence electrons. The van der Waals surface area contributed by atoms with Crippen molar-refractivity contribution in [1.82, 2.24) is 38.6 Å². The Hall–Kier alpha value is -4.21. The smallest absolute Gasteiger partial charge is 0.242 e. The Morgan fingerprint density at radius 1 is 1.08 bits per heavy atom. The molecular formula is C28H22Cl2N8O. The van der Waals surface area contributed by atoms with Gasteiger partial charge in [0.15, 0.2) is 0 Å². The van der Waals surface area contributed by atoms with Crippen LogP contribution in [0.25, 0.3) is 38.9 Å². The molecule has 6 aromatic rings. The van der Waals surface area contributed by atoms with Gasteiger partial charge in [0.25, 0.3) is 0 Å². The number of carbonyl (C=O) groups excluding carboxylic acids is 1. The SMILES string of the molecule is Cc1c(-c2c(Cl)cccc2Cl)nc2c3cc(-c4cnn(C5CN(C(=O)Cn6ccnc6)C5)c4)cnc3ccn12. The lowest BCUT2D eigenvalue weighted by Gasteiger charge is -2.39. The summed E-state index contributed by atoms with van der Waals surface area (Å²) < 4.78 is 5.74. The monoisotopic (exact) mass is 556 g/mol. The van der Waals surface area contributed by atoms with E-state index in [1.807, 2.05) is 70.0 Å². The summed E-state index contributed by atoms with van der Waals surface area (Å²) in [6.07, 6.45) is 12.8. The van der Waals surface area contributed by atoms with Crippen molar-refractivity contribution in [2.45, 2.75) is 19.5 Å². The van der Waals surface area contributed by atoms with Gasteiger partial charge in [0, 0.05) is 71.8 Å². The van der Waals surface area contributed by atoms with Gasteiger partial charge >= 0.3 is 0 Å². The zero-order chi connectivity index (χ0) is 26.7. The molecule has 0 bridgehead atoms. The van der Waals surface area contributed by atoms with Gasteiger partial charge in [0.2, 0.25) is 5.91 Å². The van der Waals surface area contributed by atoms with E-state index in [1.165, 1.54) is 0 Å². The number of benzene rings is 1. The van der Waals surface area contributed by atoms with E-state index in [9.17, 15) is 4.79 Å². The zero-order valence-electron chi connectivity index (χ0n) is 20.9. The summed E-state index contributed by atoms with van der Waals surface area (Å²) in [5.74, 6) is 0.0758. The minimum absolute atomic E-state index is 0.0758. The maximum Gasteiger partial charge on any atom is 0.242 e. The van der Waals surface area contributed by atoms with E-state index in [1.54, 1.807) is 23.3 Å². The normalized spacial score (nSPS) is 13.9. The molecule has 1 saturated heterocycles. The molecule has 1 aliphatic rings. The molecule has 0 aliphatic carbocycles. The van der Waals surface area contributed by atoms with Crippen LogP contribution < -0.4 is 0 Å². The Morgan fingerprint density at radius 2 is 1.90 bits per heavy atom. The molecule has 1 aromatic carbocycles. The second-order valence-electron chi connectivity index (χ2n) is 9.71. The summed E-state index contributed by atoms with van der Waals surface area (Å²) in [5, 5.41) is 6.62. The number of nitrogens with zero attached hydrogens (tertiary/aromatic N) is 8. The summed E-state index contributed by atoms with van der Waals surface area (Å²) in [5.41, 5.74) is 5.92. The van der Waals surface area contributed by atoms with E-state index >= 15 is 0 Å². The van der Waals surface area contributed by atoms with Crippen molar-refractivity contribution in [1.29, 1.82) is 0 Å². The molecule has 7 rings (SSSR count). The minimum atomic E-state index is 0.0758. The topological polar surface area (TPSA) is 86.1 Å². The summed E-state index contributed by atoms with van der Waals surface area (Å²) in [4.78, 5) is 28.0. The van der Waals surface area contributed by atoms with E-state index in [2.05, 4.69) is 16.1 Å². The van der Waals surface area contributed by atoms with Crippen LogP contribution in [0, 0.1) is 6.92 Å². The highest BCUT2D eigenvalue weighted by Gasteiger charge is 2.32. The van der Waals surface area contributed by atoms with Gasteiger partial charge in [-0.05, 0) is 31.2 Å². The average Bonchev–Trinajstić information content (AvgIpc) is 3.65. The molecule has 5 aromatic heterocycles. The van der Waals surface area contributed by atoms with Crippen molar-refractivity contribution < 1.29 is 4.79 Å². The number of aromatic nitrogens is 7. The lowest BCUT2D eigenvalue weighted by atomic mass is 10.1. The van der Waals surface area contributed by atoms with Crippen molar-refractivity contribution in [3.63, 3.8) is 0 Å². The van der Waals surface area contributed by atoms with Gasteiger partial charge in [-0.2, -0.15) is 5.10 Å². The molecule has 0 N–H and O–H groups in total. The van der Waals surface area contributed by atoms with E-state index in [-0.39, 0.29) is 11.9 Å². The van der Waals surface area contributed by atoms with E-state index in [0.717, 1.165) is 44.6 Å². The van der Waals surface area contributed by atoms with Crippen molar-refractivity contribution in [2.75, 3.05) is 13.1 Å². The Labute approximate surface area is 233 Å². The number of amides is 1. The van der Waals surface area contributed by atoms with Gasteiger partial charge in [-0.25, -0.2) is 9.97 Å². The zero-order valence-corrected chi connectivity index (χ0v) is 22.4. The van der Waals surface area contributed by atoms with Gasteiger partial charge in [-0.15, -0.1) is 0 Å². The first-order valence-corrected chi connectivity index (χ1v) is 13.2. The molecule has 1 amide bonds. The first-order chi connectivity index (χ1) is 19.0. The Kier molecular flexibility index (Phi) is 5.64. The number of hydrogen-bond acceptors (Lipinski definition) is 5. The summed E-state index contributed by atoms with van der Waals surface area (Å²) in [6, 6.07) is 9.67. The van der Waals surface area contributed by atoms with Crippen molar-refractivity contribution in [3.8, 4) is 22.4 Å². The first kappa shape index (κ1) is 23.9. The maximum absolute atomic E-state index is 12.5. The quantitative estimate of drug-likeness (QED) is 0.287. The summed E-state index contributed by atoms with van der Waals surface area (Å²) in [6.45, 7) is 3.56. The largest absolute Gasteiger partial charge is 0.337 e. The fourth-order valence-corrected chi connectivity index (χ4v) is 5.66. The van der Waals surface area contributed by atoms with Crippen LogP contribution in [0.4, 0.5) is 0 Å². The number of pyridine rings is 2. The predicted octanol–water partition coefficient (Wildman–Crippen LogP) is 5.31. The second-order valence-corrected chi connectivity index (χ2v) is 10.5. The summed E-state index contributed by atoms with van der Waals surface area (Å²) >= 11 is 13.0. The van der Waals surface area contributed by atoms with Crippen LogP contribution >= 0.6 is 23.2 Å². The van der Waals surface area contributed by atoms with Gasteiger partial charge in [0.1, 0.15) is 12.2 Å². The Morgan fingerprint density at radius 3 is 2.67 bits per heavy atom. The molecule has 39 heavy (non-hydrogen) atoms.